The van der Waals surface area contributed by atoms with Crippen molar-refractivity contribution in [3.05, 3.63) is 64.8 Å². The molecule has 0 unspecified atom stereocenters. The van der Waals surface area contributed by atoms with Crippen molar-refractivity contribution in [3.63, 3.8) is 0 Å². The van der Waals surface area contributed by atoms with E-state index in [2.05, 4.69) is 19.2 Å². The molecule has 6 heteroatoms. The van der Waals surface area contributed by atoms with E-state index in [-0.39, 0.29) is 24.2 Å². The Hall–Kier alpha value is -2.60. The van der Waals surface area contributed by atoms with Gasteiger partial charge in [-0.15, -0.1) is 0 Å². The van der Waals surface area contributed by atoms with Crippen molar-refractivity contribution in [1.82, 2.24) is 5.32 Å². The van der Waals surface area contributed by atoms with Crippen LogP contribution in [0.1, 0.15) is 25.8 Å². The first-order valence-corrected chi connectivity index (χ1v) is 10.1. The number of fused-ring (bicyclic) bond motifs is 1. The molecule has 4 nitrogen and oxygen atoms in total. The van der Waals surface area contributed by atoms with Gasteiger partial charge in [0.05, 0.1) is 10.6 Å². The van der Waals surface area contributed by atoms with Gasteiger partial charge in [0, 0.05) is 17.0 Å². The summed E-state index contributed by atoms with van der Waals surface area (Å²) in [5.41, 5.74) is 1.04. The van der Waals surface area contributed by atoms with Crippen molar-refractivity contribution < 1.29 is 14.0 Å². The molecule has 0 bridgehead atoms. The average molecular weight is 399 g/mol. The Balaban J connectivity index is 1.85. The Morgan fingerprint density at radius 1 is 1.18 bits per heavy atom. The molecular formula is C22H23FN2O2S. The zero-order valence-electron chi connectivity index (χ0n) is 15.9. The molecule has 0 fully saturated rings. The molecule has 0 atom stereocenters. The number of carbonyl (C=O) groups is 2. The van der Waals surface area contributed by atoms with Crippen LogP contribution in [0.25, 0.3) is 6.08 Å². The molecule has 1 aliphatic heterocycles. The third kappa shape index (κ3) is 4.81. The molecular weight excluding hydrogens is 375 g/mol. The summed E-state index contributed by atoms with van der Waals surface area (Å²) in [5.74, 6) is -0.406. The number of nitrogens with zero attached hydrogens (tertiary/aromatic N) is 1. The highest BCUT2D eigenvalue weighted by Crippen LogP contribution is 2.42. The van der Waals surface area contributed by atoms with E-state index in [4.69, 9.17) is 0 Å². The third-order valence-corrected chi connectivity index (χ3v) is 5.45. The molecule has 28 heavy (non-hydrogen) atoms. The van der Waals surface area contributed by atoms with Crippen molar-refractivity contribution in [2.75, 3.05) is 18.0 Å². The molecule has 0 spiro atoms. The fraction of sp³-hybridized carbons (Fsp3) is 0.273. The lowest BCUT2D eigenvalue weighted by Gasteiger charge is -2.29. The van der Waals surface area contributed by atoms with E-state index in [1.807, 2.05) is 24.3 Å². The van der Waals surface area contributed by atoms with E-state index < -0.39 is 0 Å². The predicted octanol–water partition coefficient (Wildman–Crippen LogP) is 4.47. The maximum Gasteiger partial charge on any atom is 0.265 e. The number of para-hydroxylation sites is 1. The fourth-order valence-corrected chi connectivity index (χ4v) is 3.90. The van der Waals surface area contributed by atoms with Crippen LogP contribution in [0.15, 0.2) is 58.3 Å². The summed E-state index contributed by atoms with van der Waals surface area (Å²) in [5, 5.41) is 2.87. The van der Waals surface area contributed by atoms with Crippen LogP contribution in [-0.2, 0) is 9.59 Å². The molecule has 2 amide bonds. The van der Waals surface area contributed by atoms with Crippen molar-refractivity contribution in [2.24, 2.45) is 5.92 Å². The number of carbonyl (C=O) groups excluding carboxylic acids is 2. The molecule has 2 aromatic rings. The number of halogens is 1. The Morgan fingerprint density at radius 2 is 1.89 bits per heavy atom. The van der Waals surface area contributed by atoms with Crippen LogP contribution in [0.5, 0.6) is 0 Å². The van der Waals surface area contributed by atoms with Gasteiger partial charge in [-0.25, -0.2) is 4.39 Å². The molecule has 146 valence electrons. The summed E-state index contributed by atoms with van der Waals surface area (Å²) in [4.78, 5) is 28.1. The first-order valence-electron chi connectivity index (χ1n) is 9.27. The minimum atomic E-state index is -0.389. The number of thioether (sulfide) groups is 1. The summed E-state index contributed by atoms with van der Waals surface area (Å²) in [6, 6.07) is 13.7. The Bertz CT molecular complexity index is 911. The Morgan fingerprint density at radius 3 is 2.64 bits per heavy atom. The summed E-state index contributed by atoms with van der Waals surface area (Å²) in [6.45, 7) is 4.69. The standard InChI is InChI=1S/C22H23FN2O2S/c1-15(2)11-12-24-21(26)14-25-18-9-5-6-10-19(18)28-20(22(25)27)13-16-7-3-4-8-17(16)23/h3-10,13,15H,11-12,14H2,1-2H3,(H,24,26)/b20-13-. The maximum atomic E-state index is 14.0. The van der Waals surface area contributed by atoms with Crippen molar-refractivity contribution in [1.29, 1.82) is 0 Å². The Labute approximate surface area is 168 Å². The van der Waals surface area contributed by atoms with Gasteiger partial charge in [0.1, 0.15) is 12.4 Å². The third-order valence-electron chi connectivity index (χ3n) is 4.37. The molecule has 0 saturated heterocycles. The Kier molecular flexibility index (Phi) is 6.52. The topological polar surface area (TPSA) is 49.4 Å². The van der Waals surface area contributed by atoms with Crippen molar-refractivity contribution in [3.8, 4) is 0 Å². The number of amides is 2. The molecule has 2 aromatic carbocycles. The van der Waals surface area contributed by atoms with Crippen LogP contribution in [0.2, 0.25) is 0 Å². The minimum absolute atomic E-state index is 0.0664. The lowest BCUT2D eigenvalue weighted by molar-refractivity contribution is -0.122. The van der Waals surface area contributed by atoms with Gasteiger partial charge in [-0.05, 0) is 36.6 Å². The van der Waals surface area contributed by atoms with Crippen LogP contribution in [-0.4, -0.2) is 24.9 Å². The highest BCUT2D eigenvalue weighted by Gasteiger charge is 2.30. The SMILES string of the molecule is CC(C)CCNC(=O)CN1C(=O)/C(=C/c2ccccc2F)Sc2ccccc21. The number of anilines is 1. The molecule has 1 N–H and O–H groups in total. The van der Waals surface area contributed by atoms with Crippen molar-refractivity contribution >= 4 is 35.3 Å². The molecule has 0 radical (unpaired) electrons. The lowest BCUT2D eigenvalue weighted by atomic mass is 10.1. The van der Waals surface area contributed by atoms with Crippen LogP contribution in [0, 0.1) is 11.7 Å². The number of hydrogen-bond acceptors (Lipinski definition) is 3. The van der Waals surface area contributed by atoms with Crippen LogP contribution >= 0.6 is 11.8 Å². The number of rotatable bonds is 6. The predicted molar refractivity (Wildman–Crippen MR) is 111 cm³/mol. The van der Waals surface area contributed by atoms with E-state index >= 15 is 0 Å². The van der Waals surface area contributed by atoms with Crippen LogP contribution < -0.4 is 10.2 Å². The van der Waals surface area contributed by atoms with Gasteiger partial charge < -0.3 is 5.32 Å². The second-order valence-electron chi connectivity index (χ2n) is 7.02. The average Bonchev–Trinajstić information content (AvgIpc) is 2.66. The summed E-state index contributed by atoms with van der Waals surface area (Å²) >= 11 is 1.29. The number of benzene rings is 2. The first-order chi connectivity index (χ1) is 13.5. The molecule has 0 aromatic heterocycles. The van der Waals surface area contributed by atoms with Gasteiger partial charge in [0.25, 0.3) is 5.91 Å². The first kappa shape index (κ1) is 20.1. The van der Waals surface area contributed by atoms with E-state index in [1.165, 1.54) is 22.7 Å². The maximum absolute atomic E-state index is 14.0. The normalized spacial score (nSPS) is 15.1. The van der Waals surface area contributed by atoms with Gasteiger partial charge in [-0.2, -0.15) is 0 Å². The summed E-state index contributed by atoms with van der Waals surface area (Å²) in [7, 11) is 0. The van der Waals surface area contributed by atoms with E-state index in [1.54, 1.807) is 24.3 Å². The number of hydrogen-bond donors (Lipinski definition) is 1. The summed E-state index contributed by atoms with van der Waals surface area (Å²) < 4.78 is 14.0. The minimum Gasteiger partial charge on any atom is -0.355 e. The monoisotopic (exact) mass is 398 g/mol. The van der Waals surface area contributed by atoms with Gasteiger partial charge >= 0.3 is 0 Å². The fourth-order valence-electron chi connectivity index (χ4n) is 2.85. The van der Waals surface area contributed by atoms with E-state index in [0.717, 1.165) is 11.3 Å². The zero-order chi connectivity index (χ0) is 20.1. The van der Waals surface area contributed by atoms with Crippen LogP contribution in [0.3, 0.4) is 0 Å². The second-order valence-corrected chi connectivity index (χ2v) is 8.11. The van der Waals surface area contributed by atoms with Gasteiger partial charge in [-0.3, -0.25) is 14.5 Å². The molecule has 3 rings (SSSR count). The molecule has 1 heterocycles. The largest absolute Gasteiger partial charge is 0.355 e. The van der Waals surface area contributed by atoms with Gasteiger partial charge in [-0.1, -0.05) is 55.9 Å². The summed E-state index contributed by atoms with van der Waals surface area (Å²) in [6.07, 6.45) is 2.42. The zero-order valence-corrected chi connectivity index (χ0v) is 16.8. The van der Waals surface area contributed by atoms with Crippen LogP contribution in [0.4, 0.5) is 10.1 Å². The quantitative estimate of drug-likeness (QED) is 0.731. The van der Waals surface area contributed by atoms with E-state index in [9.17, 15) is 14.0 Å². The number of nitrogens with one attached hydrogen (secondary N) is 1. The van der Waals surface area contributed by atoms with E-state index in [0.29, 0.717) is 28.6 Å². The van der Waals surface area contributed by atoms with Gasteiger partial charge in [0.15, 0.2) is 0 Å². The van der Waals surface area contributed by atoms with Crippen molar-refractivity contribution in [2.45, 2.75) is 25.2 Å². The second kappa shape index (κ2) is 9.06. The smallest absolute Gasteiger partial charge is 0.265 e. The highest BCUT2D eigenvalue weighted by atomic mass is 32.2. The molecule has 0 aliphatic carbocycles. The molecule has 1 aliphatic rings. The molecule has 0 saturated carbocycles. The lowest BCUT2D eigenvalue weighted by Crippen LogP contribution is -2.43. The van der Waals surface area contributed by atoms with Gasteiger partial charge in [0.2, 0.25) is 5.91 Å². The highest BCUT2D eigenvalue weighted by molar-refractivity contribution is 8.04.